The number of benzene rings is 2. The van der Waals surface area contributed by atoms with Crippen molar-refractivity contribution in [2.45, 2.75) is 12.0 Å². The Kier molecular flexibility index (Phi) is 5.99. The van der Waals surface area contributed by atoms with Gasteiger partial charge in [0.05, 0.1) is 19.3 Å². The van der Waals surface area contributed by atoms with Gasteiger partial charge in [-0.2, -0.15) is 0 Å². The molecule has 0 saturated carbocycles. The Balaban J connectivity index is 1.19. The normalized spacial score (nSPS) is 18.7. The van der Waals surface area contributed by atoms with E-state index in [4.69, 9.17) is 9.47 Å². The molecular formula is C24H21N3O6S. The minimum atomic E-state index is -1.03. The zero-order valence-electron chi connectivity index (χ0n) is 17.9. The molecule has 10 heteroatoms. The van der Waals surface area contributed by atoms with Crippen LogP contribution in [0.5, 0.6) is 0 Å². The molecule has 2 aromatic carbocycles. The Morgan fingerprint density at radius 1 is 1.06 bits per heavy atom. The van der Waals surface area contributed by atoms with Gasteiger partial charge in [0.2, 0.25) is 0 Å². The van der Waals surface area contributed by atoms with Crippen LogP contribution < -0.4 is 10.6 Å². The number of carbonyl (C=O) groups excluding carboxylic acids is 2. The minimum absolute atomic E-state index is 0.0476. The molecule has 2 heterocycles. The summed E-state index contributed by atoms with van der Waals surface area (Å²) in [5.41, 5.74) is 4.58. The summed E-state index contributed by atoms with van der Waals surface area (Å²) in [6.07, 6.45) is -0.668. The molecule has 0 bridgehead atoms. The van der Waals surface area contributed by atoms with Crippen molar-refractivity contribution >= 4 is 34.4 Å². The lowest BCUT2D eigenvalue weighted by Gasteiger charge is -2.14. The van der Waals surface area contributed by atoms with Gasteiger partial charge in [-0.25, -0.2) is 9.78 Å². The quantitative estimate of drug-likeness (QED) is 0.495. The number of thiazole rings is 1. The largest absolute Gasteiger partial charge is 0.481 e. The zero-order chi connectivity index (χ0) is 23.7. The Labute approximate surface area is 198 Å². The highest BCUT2D eigenvalue weighted by molar-refractivity contribution is 7.14. The molecule has 0 spiro atoms. The third-order valence-corrected chi connectivity index (χ3v) is 6.76. The van der Waals surface area contributed by atoms with E-state index in [0.29, 0.717) is 0 Å². The molecule has 0 radical (unpaired) electrons. The van der Waals surface area contributed by atoms with Crippen LogP contribution in [0.1, 0.15) is 27.5 Å². The third kappa shape index (κ3) is 4.25. The van der Waals surface area contributed by atoms with Gasteiger partial charge < -0.3 is 19.9 Å². The molecule has 1 aliphatic heterocycles. The van der Waals surface area contributed by atoms with E-state index in [1.54, 1.807) is 0 Å². The first-order chi connectivity index (χ1) is 16.5. The average Bonchev–Trinajstić information content (AvgIpc) is 3.56. The Bertz CT molecular complexity index is 1210. The molecule has 1 aromatic heterocycles. The second kappa shape index (κ2) is 9.24. The summed E-state index contributed by atoms with van der Waals surface area (Å²) in [4.78, 5) is 40.2. The molecule has 2 atom stereocenters. The van der Waals surface area contributed by atoms with Crippen molar-refractivity contribution in [2.24, 2.45) is 5.92 Å². The molecule has 3 N–H and O–H groups in total. The highest BCUT2D eigenvalue weighted by Crippen LogP contribution is 2.44. The standard InChI is InChI=1S/C24H21N3O6S/c28-21(25-19-11-32-9-18(19)22(29)30)20-12-34-23(26-20)27-24(31)33-10-17-15-7-3-1-5-13(15)14-6-2-4-8-16(14)17/h1-8,12,17-19H,9-11H2,(H,25,28)(H,29,30)(H,26,27,31). The fourth-order valence-corrected chi connectivity index (χ4v) is 5.02. The Morgan fingerprint density at radius 2 is 1.74 bits per heavy atom. The number of carboxylic acids is 1. The van der Waals surface area contributed by atoms with Crippen LogP contribution in [0.3, 0.4) is 0 Å². The Hall–Kier alpha value is -3.76. The molecule has 1 fully saturated rings. The number of nitrogens with one attached hydrogen (secondary N) is 2. The van der Waals surface area contributed by atoms with Crippen LogP contribution in [-0.4, -0.2) is 53.9 Å². The second-order valence-electron chi connectivity index (χ2n) is 8.05. The predicted octanol–water partition coefficient (Wildman–Crippen LogP) is 3.33. The topological polar surface area (TPSA) is 127 Å². The number of aromatic nitrogens is 1. The van der Waals surface area contributed by atoms with E-state index in [9.17, 15) is 19.5 Å². The number of fused-ring (bicyclic) bond motifs is 3. The van der Waals surface area contributed by atoms with Gasteiger partial charge in [0, 0.05) is 11.3 Å². The van der Waals surface area contributed by atoms with Crippen molar-refractivity contribution in [3.63, 3.8) is 0 Å². The first-order valence-corrected chi connectivity index (χ1v) is 11.6. The van der Waals surface area contributed by atoms with Crippen molar-refractivity contribution in [1.29, 1.82) is 0 Å². The predicted molar refractivity (Wildman–Crippen MR) is 124 cm³/mol. The van der Waals surface area contributed by atoms with Crippen molar-refractivity contribution in [1.82, 2.24) is 10.3 Å². The maximum absolute atomic E-state index is 12.4. The fraction of sp³-hybridized carbons (Fsp3) is 0.250. The number of hydrogen-bond donors (Lipinski definition) is 3. The highest BCUT2D eigenvalue weighted by atomic mass is 32.1. The first kappa shape index (κ1) is 22.1. The zero-order valence-corrected chi connectivity index (χ0v) is 18.7. The van der Waals surface area contributed by atoms with Gasteiger partial charge in [-0.05, 0) is 22.3 Å². The van der Waals surface area contributed by atoms with Crippen LogP contribution in [0.2, 0.25) is 0 Å². The van der Waals surface area contributed by atoms with E-state index in [0.717, 1.165) is 33.6 Å². The van der Waals surface area contributed by atoms with Gasteiger partial charge in [-0.3, -0.25) is 14.9 Å². The van der Waals surface area contributed by atoms with Crippen molar-refractivity contribution in [3.8, 4) is 11.1 Å². The number of rotatable bonds is 6. The second-order valence-corrected chi connectivity index (χ2v) is 8.91. The van der Waals surface area contributed by atoms with Gasteiger partial charge >= 0.3 is 12.1 Å². The van der Waals surface area contributed by atoms with E-state index >= 15 is 0 Å². The first-order valence-electron chi connectivity index (χ1n) is 10.7. The van der Waals surface area contributed by atoms with Crippen LogP contribution in [0.15, 0.2) is 53.9 Å². The van der Waals surface area contributed by atoms with Crippen molar-refractivity contribution < 1.29 is 29.0 Å². The number of carboxylic acid groups (broad SMARTS) is 1. The number of amides is 2. The lowest BCUT2D eigenvalue weighted by atomic mass is 9.98. The van der Waals surface area contributed by atoms with Gasteiger partial charge in [0.15, 0.2) is 5.13 Å². The van der Waals surface area contributed by atoms with E-state index < -0.39 is 29.9 Å². The number of nitrogens with zero attached hydrogens (tertiary/aromatic N) is 1. The van der Waals surface area contributed by atoms with Gasteiger partial charge in [-0.1, -0.05) is 48.5 Å². The SMILES string of the molecule is O=C(Nc1nc(C(=O)NC2COCC2C(=O)O)cs1)OCC1c2ccccc2-c2ccccc21. The van der Waals surface area contributed by atoms with Crippen molar-refractivity contribution in [2.75, 3.05) is 25.1 Å². The van der Waals surface area contributed by atoms with Gasteiger partial charge in [-0.15, -0.1) is 11.3 Å². The number of aliphatic carboxylic acids is 1. The fourth-order valence-electron chi connectivity index (χ4n) is 4.34. The maximum Gasteiger partial charge on any atom is 0.413 e. The molecule has 9 nitrogen and oxygen atoms in total. The van der Waals surface area contributed by atoms with E-state index in [1.807, 2.05) is 36.4 Å². The summed E-state index contributed by atoms with van der Waals surface area (Å²) in [6.45, 7) is 0.334. The number of ether oxygens (including phenoxy) is 2. The number of anilines is 1. The van der Waals surface area contributed by atoms with Gasteiger partial charge in [0.25, 0.3) is 5.91 Å². The average molecular weight is 480 g/mol. The maximum atomic E-state index is 12.4. The molecule has 1 saturated heterocycles. The molecule has 3 aromatic rings. The van der Waals surface area contributed by atoms with E-state index in [1.165, 1.54) is 5.38 Å². The van der Waals surface area contributed by atoms with Crippen LogP contribution >= 0.6 is 11.3 Å². The Morgan fingerprint density at radius 3 is 2.41 bits per heavy atom. The summed E-state index contributed by atoms with van der Waals surface area (Å²) in [7, 11) is 0. The molecule has 2 aliphatic rings. The summed E-state index contributed by atoms with van der Waals surface area (Å²) in [5.74, 6) is -2.43. The summed E-state index contributed by atoms with van der Waals surface area (Å²) in [6, 6.07) is 15.5. The molecule has 174 valence electrons. The monoisotopic (exact) mass is 479 g/mol. The third-order valence-electron chi connectivity index (χ3n) is 6.00. The van der Waals surface area contributed by atoms with E-state index in [2.05, 4.69) is 27.8 Å². The molecule has 34 heavy (non-hydrogen) atoms. The summed E-state index contributed by atoms with van der Waals surface area (Å²) >= 11 is 1.08. The number of carbonyl (C=O) groups is 3. The smallest absolute Gasteiger partial charge is 0.413 e. The minimum Gasteiger partial charge on any atom is -0.481 e. The molecule has 2 amide bonds. The van der Waals surface area contributed by atoms with Crippen molar-refractivity contribution in [3.05, 3.63) is 70.7 Å². The van der Waals surface area contributed by atoms with Gasteiger partial charge in [0.1, 0.15) is 18.2 Å². The van der Waals surface area contributed by atoms with Crippen LogP contribution in [-0.2, 0) is 14.3 Å². The lowest BCUT2D eigenvalue weighted by molar-refractivity contribution is -0.142. The van der Waals surface area contributed by atoms with Crippen LogP contribution in [0.4, 0.5) is 9.93 Å². The number of hydrogen-bond acceptors (Lipinski definition) is 7. The molecule has 2 unspecified atom stereocenters. The van der Waals surface area contributed by atoms with E-state index in [-0.39, 0.29) is 36.6 Å². The van der Waals surface area contributed by atoms with Crippen LogP contribution in [0.25, 0.3) is 11.1 Å². The highest BCUT2D eigenvalue weighted by Gasteiger charge is 2.35. The van der Waals surface area contributed by atoms with Crippen LogP contribution in [0, 0.1) is 5.92 Å². The lowest BCUT2D eigenvalue weighted by Crippen LogP contribution is -2.42. The molecule has 5 rings (SSSR count). The molecule has 1 aliphatic carbocycles. The summed E-state index contributed by atoms with van der Waals surface area (Å²) in [5, 5.41) is 16.1. The molecular weight excluding hydrogens is 458 g/mol. The summed E-state index contributed by atoms with van der Waals surface area (Å²) < 4.78 is 10.6.